The molecular weight excluding hydrogens is 425 g/mol. The third-order valence-corrected chi connectivity index (χ3v) is 6.08. The van der Waals surface area contributed by atoms with Gasteiger partial charge in [-0.2, -0.15) is 0 Å². The second-order valence-electron chi connectivity index (χ2n) is 9.29. The number of ether oxygens (including phenoxy) is 1. The van der Waals surface area contributed by atoms with E-state index in [2.05, 4.69) is 12.2 Å². The van der Waals surface area contributed by atoms with Crippen molar-refractivity contribution in [1.29, 1.82) is 0 Å². The van der Waals surface area contributed by atoms with Crippen LogP contribution in [0.4, 0.5) is 10.5 Å². The van der Waals surface area contributed by atoms with Crippen LogP contribution >= 0.6 is 23.2 Å². The fourth-order valence-electron chi connectivity index (χ4n) is 4.15. The van der Waals surface area contributed by atoms with Gasteiger partial charge in [0.15, 0.2) is 0 Å². The SMILES string of the molecule is C[C@H]1CCN(C(=O)OC(C)(C)C)C[C@@H]1N1CCCC(Nc2cc(Cl)cc(Cl)c2)C1=O. The van der Waals surface area contributed by atoms with Crippen LogP contribution in [0.2, 0.25) is 10.0 Å². The summed E-state index contributed by atoms with van der Waals surface area (Å²) in [6.07, 6.45) is 2.17. The number of piperidine rings is 2. The number of halogens is 2. The Morgan fingerprint density at radius 3 is 2.43 bits per heavy atom. The maximum absolute atomic E-state index is 13.3. The van der Waals surface area contributed by atoms with Gasteiger partial charge in [-0.15, -0.1) is 0 Å². The lowest BCUT2D eigenvalue weighted by molar-refractivity contribution is -0.139. The molecular formula is C22H31Cl2N3O3. The molecule has 0 aromatic heterocycles. The van der Waals surface area contributed by atoms with Crippen molar-refractivity contribution in [2.75, 3.05) is 25.0 Å². The molecule has 0 aliphatic carbocycles. The predicted molar refractivity (Wildman–Crippen MR) is 120 cm³/mol. The number of benzene rings is 1. The summed E-state index contributed by atoms with van der Waals surface area (Å²) >= 11 is 12.2. The highest BCUT2D eigenvalue weighted by molar-refractivity contribution is 6.35. The second kappa shape index (κ2) is 9.23. The topological polar surface area (TPSA) is 61.9 Å². The van der Waals surface area contributed by atoms with Gasteiger partial charge in [0.25, 0.3) is 0 Å². The number of hydrogen-bond acceptors (Lipinski definition) is 4. The Kier molecular flexibility index (Phi) is 7.08. The average molecular weight is 456 g/mol. The minimum atomic E-state index is -0.538. The van der Waals surface area contributed by atoms with Crippen LogP contribution in [-0.2, 0) is 9.53 Å². The molecule has 166 valence electrons. The van der Waals surface area contributed by atoms with Crippen molar-refractivity contribution in [2.45, 2.75) is 64.6 Å². The summed E-state index contributed by atoms with van der Waals surface area (Å²) in [4.78, 5) is 29.5. The van der Waals surface area contributed by atoms with Crippen molar-refractivity contribution in [1.82, 2.24) is 9.80 Å². The van der Waals surface area contributed by atoms with Gasteiger partial charge in [-0.25, -0.2) is 4.79 Å². The van der Waals surface area contributed by atoms with E-state index in [9.17, 15) is 9.59 Å². The first kappa shape index (κ1) is 23.0. The number of rotatable bonds is 3. The molecule has 2 fully saturated rings. The van der Waals surface area contributed by atoms with Crippen LogP contribution in [-0.4, -0.2) is 59.1 Å². The molecule has 0 saturated carbocycles. The number of anilines is 1. The number of amides is 2. The Hall–Kier alpha value is -1.66. The fourth-order valence-corrected chi connectivity index (χ4v) is 4.67. The van der Waals surface area contributed by atoms with E-state index in [-0.39, 0.29) is 24.1 Å². The van der Waals surface area contributed by atoms with E-state index in [1.807, 2.05) is 25.7 Å². The molecule has 8 heteroatoms. The van der Waals surface area contributed by atoms with Gasteiger partial charge in [0.2, 0.25) is 5.91 Å². The molecule has 6 nitrogen and oxygen atoms in total. The molecule has 0 bridgehead atoms. The molecule has 1 aromatic rings. The molecule has 1 aromatic carbocycles. The molecule has 0 spiro atoms. The van der Waals surface area contributed by atoms with Gasteiger partial charge < -0.3 is 19.9 Å². The Bertz CT molecular complexity index is 776. The molecule has 3 atom stereocenters. The van der Waals surface area contributed by atoms with Crippen LogP contribution in [0.1, 0.15) is 47.0 Å². The van der Waals surface area contributed by atoms with Crippen molar-refractivity contribution in [3.63, 3.8) is 0 Å². The monoisotopic (exact) mass is 455 g/mol. The Balaban J connectivity index is 1.70. The van der Waals surface area contributed by atoms with E-state index in [4.69, 9.17) is 27.9 Å². The van der Waals surface area contributed by atoms with E-state index in [1.165, 1.54) is 0 Å². The van der Waals surface area contributed by atoms with Crippen LogP contribution in [0.3, 0.4) is 0 Å². The molecule has 2 amide bonds. The zero-order valence-corrected chi connectivity index (χ0v) is 19.6. The summed E-state index contributed by atoms with van der Waals surface area (Å²) in [6.45, 7) is 9.59. The van der Waals surface area contributed by atoms with Gasteiger partial charge in [0, 0.05) is 35.4 Å². The first-order valence-electron chi connectivity index (χ1n) is 10.5. The minimum absolute atomic E-state index is 0.0219. The Labute approximate surface area is 188 Å². The number of nitrogens with one attached hydrogen (secondary N) is 1. The number of nitrogens with zero attached hydrogens (tertiary/aromatic N) is 2. The van der Waals surface area contributed by atoms with Crippen molar-refractivity contribution >= 4 is 40.9 Å². The summed E-state index contributed by atoms with van der Waals surface area (Å²) in [7, 11) is 0. The van der Waals surface area contributed by atoms with Gasteiger partial charge in [0.05, 0.1) is 6.04 Å². The molecule has 2 aliphatic rings. The van der Waals surface area contributed by atoms with Crippen molar-refractivity contribution in [2.24, 2.45) is 5.92 Å². The van der Waals surface area contributed by atoms with Gasteiger partial charge in [0.1, 0.15) is 11.6 Å². The highest BCUT2D eigenvalue weighted by Crippen LogP contribution is 2.29. The Morgan fingerprint density at radius 2 is 1.80 bits per heavy atom. The van der Waals surface area contributed by atoms with Crippen molar-refractivity contribution in [3.05, 3.63) is 28.2 Å². The van der Waals surface area contributed by atoms with Gasteiger partial charge in [-0.1, -0.05) is 30.1 Å². The van der Waals surface area contributed by atoms with Gasteiger partial charge in [-0.3, -0.25) is 4.79 Å². The van der Waals surface area contributed by atoms with Crippen LogP contribution in [0.25, 0.3) is 0 Å². The zero-order valence-electron chi connectivity index (χ0n) is 18.1. The fraction of sp³-hybridized carbons (Fsp3) is 0.636. The van der Waals surface area contributed by atoms with Gasteiger partial charge >= 0.3 is 6.09 Å². The number of carbonyl (C=O) groups is 2. The highest BCUT2D eigenvalue weighted by Gasteiger charge is 2.40. The molecule has 30 heavy (non-hydrogen) atoms. The lowest BCUT2D eigenvalue weighted by atomic mass is 9.90. The van der Waals surface area contributed by atoms with E-state index >= 15 is 0 Å². The van der Waals surface area contributed by atoms with E-state index in [0.29, 0.717) is 35.6 Å². The van der Waals surface area contributed by atoms with Crippen LogP contribution in [0.5, 0.6) is 0 Å². The lowest BCUT2D eigenvalue weighted by Gasteiger charge is -2.46. The average Bonchev–Trinajstić information content (AvgIpc) is 2.62. The summed E-state index contributed by atoms with van der Waals surface area (Å²) in [5.74, 6) is 0.368. The first-order valence-corrected chi connectivity index (χ1v) is 11.3. The third-order valence-electron chi connectivity index (χ3n) is 5.65. The minimum Gasteiger partial charge on any atom is -0.444 e. The first-order chi connectivity index (χ1) is 14.0. The Morgan fingerprint density at radius 1 is 1.13 bits per heavy atom. The molecule has 1 N–H and O–H groups in total. The number of likely N-dealkylation sites (tertiary alicyclic amines) is 2. The molecule has 2 heterocycles. The van der Waals surface area contributed by atoms with Crippen LogP contribution in [0, 0.1) is 5.92 Å². The summed E-state index contributed by atoms with van der Waals surface area (Å²) < 4.78 is 5.54. The number of carbonyl (C=O) groups excluding carboxylic acids is 2. The molecule has 3 rings (SSSR count). The zero-order chi connectivity index (χ0) is 22.1. The lowest BCUT2D eigenvalue weighted by Crippen LogP contribution is -2.60. The molecule has 1 unspecified atom stereocenters. The molecule has 2 saturated heterocycles. The molecule has 2 aliphatic heterocycles. The van der Waals surface area contributed by atoms with Gasteiger partial charge in [-0.05, 0) is 64.2 Å². The summed E-state index contributed by atoms with van der Waals surface area (Å²) in [6, 6.07) is 4.85. The second-order valence-corrected chi connectivity index (χ2v) is 10.2. The maximum atomic E-state index is 13.3. The smallest absolute Gasteiger partial charge is 0.410 e. The summed E-state index contributed by atoms with van der Waals surface area (Å²) in [5.41, 5.74) is 0.198. The maximum Gasteiger partial charge on any atom is 0.410 e. The summed E-state index contributed by atoms with van der Waals surface area (Å²) in [5, 5.41) is 4.35. The van der Waals surface area contributed by atoms with Crippen LogP contribution < -0.4 is 5.32 Å². The largest absolute Gasteiger partial charge is 0.444 e. The van der Waals surface area contributed by atoms with E-state index in [0.717, 1.165) is 24.9 Å². The predicted octanol–water partition coefficient (Wildman–Crippen LogP) is 5.04. The highest BCUT2D eigenvalue weighted by atomic mass is 35.5. The van der Waals surface area contributed by atoms with E-state index < -0.39 is 5.60 Å². The number of hydrogen-bond donors (Lipinski definition) is 1. The molecule has 0 radical (unpaired) electrons. The van der Waals surface area contributed by atoms with Crippen LogP contribution in [0.15, 0.2) is 18.2 Å². The quantitative estimate of drug-likeness (QED) is 0.692. The van der Waals surface area contributed by atoms with Crippen molar-refractivity contribution in [3.8, 4) is 0 Å². The standard InChI is InChI=1S/C22H31Cl2N3O3/c1-14-7-9-26(21(29)30-22(2,3)4)13-19(14)27-8-5-6-18(20(27)28)25-17-11-15(23)10-16(24)12-17/h10-12,14,18-19,25H,5-9,13H2,1-4H3/t14-,18?,19-/m0/s1. The normalized spacial score (nSPS) is 25.3. The van der Waals surface area contributed by atoms with E-state index in [1.54, 1.807) is 23.1 Å². The third kappa shape index (κ3) is 5.73. The van der Waals surface area contributed by atoms with Crippen molar-refractivity contribution < 1.29 is 14.3 Å².